The molecule has 0 saturated heterocycles. The van der Waals surface area contributed by atoms with Crippen molar-refractivity contribution >= 4 is 32.4 Å². The highest BCUT2D eigenvalue weighted by Crippen LogP contribution is 2.25. The van der Waals surface area contributed by atoms with Crippen LogP contribution >= 0.6 is 11.3 Å². The lowest BCUT2D eigenvalue weighted by atomic mass is 10.1. The number of rotatable bonds is 4. The molecule has 4 nitrogen and oxygen atoms in total. The van der Waals surface area contributed by atoms with E-state index in [0.29, 0.717) is 0 Å². The summed E-state index contributed by atoms with van der Waals surface area (Å²) in [5.74, 6) is 0.810. The van der Waals surface area contributed by atoms with Crippen molar-refractivity contribution in [2.45, 2.75) is 6.92 Å². The molecule has 0 radical (unpaired) electrons. The van der Waals surface area contributed by atoms with Crippen LogP contribution in [-0.4, -0.2) is 17.8 Å². The van der Waals surface area contributed by atoms with Crippen molar-refractivity contribution in [2.75, 3.05) is 12.5 Å². The molecule has 0 amide bonds. The summed E-state index contributed by atoms with van der Waals surface area (Å²) >= 11 is 1.58. The topological polar surface area (TPSA) is 46.5 Å². The van der Waals surface area contributed by atoms with Gasteiger partial charge in [0, 0.05) is 5.56 Å². The van der Waals surface area contributed by atoms with Crippen molar-refractivity contribution < 1.29 is 4.74 Å². The van der Waals surface area contributed by atoms with Crippen molar-refractivity contribution in [1.29, 1.82) is 0 Å². The molecule has 0 fully saturated rings. The van der Waals surface area contributed by atoms with Gasteiger partial charge in [-0.05, 0) is 31.2 Å². The molecule has 0 aliphatic rings. The number of methoxy groups -OCH3 is 1. The third-order valence-corrected chi connectivity index (χ3v) is 4.05. The number of nitrogens with zero attached hydrogens (tertiary/aromatic N) is 2. The van der Waals surface area contributed by atoms with Crippen LogP contribution in [0.1, 0.15) is 12.5 Å². The number of fused-ring (bicyclic) bond motifs is 1. The zero-order valence-corrected chi connectivity index (χ0v) is 12.6. The van der Waals surface area contributed by atoms with Crippen LogP contribution in [0, 0.1) is 0 Å². The molecule has 0 spiro atoms. The molecule has 0 saturated carbocycles. The molecule has 5 heteroatoms. The summed E-state index contributed by atoms with van der Waals surface area (Å²) in [5, 5.41) is 5.19. The number of thiazole rings is 1. The standard InChI is InChI=1S/C16H15N3OS/c1-11(12-7-3-5-9-14(12)20-2)18-19-16-17-13-8-4-6-10-15(13)21-16/h3-10H,1-2H3,(H,17,19). The third kappa shape index (κ3) is 2.87. The summed E-state index contributed by atoms with van der Waals surface area (Å²) in [7, 11) is 1.66. The molecule has 1 aromatic heterocycles. The lowest BCUT2D eigenvalue weighted by Gasteiger charge is -2.07. The highest BCUT2D eigenvalue weighted by molar-refractivity contribution is 7.22. The SMILES string of the molecule is COc1ccccc1C(C)=NNc1nc2ccccc2s1. The minimum Gasteiger partial charge on any atom is -0.496 e. The first kappa shape index (κ1) is 13.6. The number of hydrogen-bond acceptors (Lipinski definition) is 5. The smallest absolute Gasteiger partial charge is 0.204 e. The highest BCUT2D eigenvalue weighted by Gasteiger charge is 2.06. The highest BCUT2D eigenvalue weighted by atomic mass is 32.1. The summed E-state index contributed by atoms with van der Waals surface area (Å²) in [6, 6.07) is 15.8. The molecular formula is C16H15N3OS. The average Bonchev–Trinajstić information content (AvgIpc) is 2.95. The van der Waals surface area contributed by atoms with E-state index in [4.69, 9.17) is 4.74 Å². The summed E-state index contributed by atoms with van der Waals surface area (Å²) in [6.07, 6.45) is 0. The van der Waals surface area contributed by atoms with Gasteiger partial charge in [0.25, 0.3) is 0 Å². The van der Waals surface area contributed by atoms with Gasteiger partial charge in [-0.25, -0.2) is 4.98 Å². The maximum Gasteiger partial charge on any atom is 0.204 e. The van der Waals surface area contributed by atoms with Gasteiger partial charge in [-0.3, -0.25) is 5.43 Å². The Morgan fingerprint density at radius 2 is 1.90 bits per heavy atom. The number of hydrazone groups is 1. The fourth-order valence-corrected chi connectivity index (χ4v) is 2.86. The Morgan fingerprint density at radius 3 is 2.71 bits per heavy atom. The average molecular weight is 297 g/mol. The summed E-state index contributed by atoms with van der Waals surface area (Å²) in [5.41, 5.74) is 5.82. The number of anilines is 1. The largest absolute Gasteiger partial charge is 0.496 e. The predicted molar refractivity (Wildman–Crippen MR) is 88.4 cm³/mol. The number of ether oxygens (including phenoxy) is 1. The molecule has 2 aromatic carbocycles. The molecule has 0 aliphatic carbocycles. The van der Waals surface area contributed by atoms with E-state index in [2.05, 4.69) is 21.6 Å². The molecule has 3 aromatic rings. The Labute approximate surface area is 127 Å². The molecule has 0 aliphatic heterocycles. The molecule has 1 heterocycles. The second kappa shape index (κ2) is 5.93. The Bertz CT molecular complexity index is 762. The van der Waals surface area contributed by atoms with E-state index in [1.807, 2.05) is 49.4 Å². The van der Waals surface area contributed by atoms with Gasteiger partial charge >= 0.3 is 0 Å². The minimum absolute atomic E-state index is 0.783. The second-order valence-corrected chi connectivity index (χ2v) is 5.53. The lowest BCUT2D eigenvalue weighted by Crippen LogP contribution is -2.02. The zero-order chi connectivity index (χ0) is 14.7. The van der Waals surface area contributed by atoms with Crippen molar-refractivity contribution in [3.05, 3.63) is 54.1 Å². The fraction of sp³-hybridized carbons (Fsp3) is 0.125. The number of para-hydroxylation sites is 2. The monoisotopic (exact) mass is 297 g/mol. The Morgan fingerprint density at radius 1 is 1.14 bits per heavy atom. The van der Waals surface area contributed by atoms with E-state index >= 15 is 0 Å². The van der Waals surface area contributed by atoms with E-state index in [1.54, 1.807) is 18.4 Å². The van der Waals surface area contributed by atoms with Gasteiger partial charge in [0.2, 0.25) is 5.13 Å². The Kier molecular flexibility index (Phi) is 3.83. The molecule has 3 rings (SSSR count). The fourth-order valence-electron chi connectivity index (χ4n) is 2.06. The number of aromatic nitrogens is 1. The molecule has 0 unspecified atom stereocenters. The second-order valence-electron chi connectivity index (χ2n) is 4.50. The van der Waals surface area contributed by atoms with Gasteiger partial charge < -0.3 is 4.74 Å². The van der Waals surface area contributed by atoms with Crippen molar-refractivity contribution in [2.24, 2.45) is 5.10 Å². The quantitative estimate of drug-likeness (QED) is 0.581. The van der Waals surface area contributed by atoms with Gasteiger partial charge in [0.15, 0.2) is 0 Å². The number of benzene rings is 2. The van der Waals surface area contributed by atoms with E-state index in [-0.39, 0.29) is 0 Å². The van der Waals surface area contributed by atoms with Crippen LogP contribution in [0.2, 0.25) is 0 Å². The summed E-state index contributed by atoms with van der Waals surface area (Å²) in [4.78, 5) is 4.49. The molecule has 21 heavy (non-hydrogen) atoms. The van der Waals surface area contributed by atoms with Crippen molar-refractivity contribution in [3.63, 3.8) is 0 Å². The van der Waals surface area contributed by atoms with Crippen molar-refractivity contribution in [3.8, 4) is 5.75 Å². The van der Waals surface area contributed by atoms with Gasteiger partial charge in [-0.1, -0.05) is 35.6 Å². The zero-order valence-electron chi connectivity index (χ0n) is 11.8. The van der Waals surface area contributed by atoms with Crippen molar-refractivity contribution in [1.82, 2.24) is 4.98 Å². The minimum atomic E-state index is 0.783. The van der Waals surface area contributed by atoms with E-state index in [9.17, 15) is 0 Å². The van der Waals surface area contributed by atoms with Gasteiger partial charge in [0.05, 0.1) is 23.0 Å². The van der Waals surface area contributed by atoms with Crippen LogP contribution in [0.15, 0.2) is 53.6 Å². The van der Waals surface area contributed by atoms with E-state index < -0.39 is 0 Å². The van der Waals surface area contributed by atoms with Gasteiger partial charge in [-0.15, -0.1) is 0 Å². The number of hydrogen-bond donors (Lipinski definition) is 1. The summed E-state index contributed by atoms with van der Waals surface area (Å²) in [6.45, 7) is 1.94. The summed E-state index contributed by atoms with van der Waals surface area (Å²) < 4.78 is 6.49. The molecular weight excluding hydrogens is 282 g/mol. The first-order valence-electron chi connectivity index (χ1n) is 6.57. The van der Waals surface area contributed by atoms with Gasteiger partial charge in [0.1, 0.15) is 5.75 Å². The Balaban J connectivity index is 1.84. The predicted octanol–water partition coefficient (Wildman–Crippen LogP) is 4.14. The van der Waals surface area contributed by atoms with E-state index in [1.165, 1.54) is 0 Å². The number of nitrogens with one attached hydrogen (secondary N) is 1. The van der Waals surface area contributed by atoms with Crippen LogP contribution < -0.4 is 10.2 Å². The molecule has 1 N–H and O–H groups in total. The van der Waals surface area contributed by atoms with Crippen LogP contribution in [0.3, 0.4) is 0 Å². The van der Waals surface area contributed by atoms with Crippen LogP contribution in [0.25, 0.3) is 10.2 Å². The van der Waals surface area contributed by atoms with Crippen LogP contribution in [0.4, 0.5) is 5.13 Å². The molecule has 0 bridgehead atoms. The van der Waals surface area contributed by atoms with E-state index in [0.717, 1.165) is 32.4 Å². The lowest BCUT2D eigenvalue weighted by molar-refractivity contribution is 0.414. The maximum absolute atomic E-state index is 5.34. The first-order valence-corrected chi connectivity index (χ1v) is 7.39. The third-order valence-electron chi connectivity index (χ3n) is 3.11. The Hall–Kier alpha value is -2.40. The first-order chi connectivity index (χ1) is 10.3. The van der Waals surface area contributed by atoms with Gasteiger partial charge in [-0.2, -0.15) is 5.10 Å². The van der Waals surface area contributed by atoms with Crippen LogP contribution in [-0.2, 0) is 0 Å². The normalized spacial score (nSPS) is 11.6. The molecule has 0 atom stereocenters. The maximum atomic E-state index is 5.34. The molecule has 106 valence electrons. The van der Waals surface area contributed by atoms with Crippen LogP contribution in [0.5, 0.6) is 5.75 Å².